The van der Waals surface area contributed by atoms with Gasteiger partial charge >= 0.3 is 5.97 Å². The molecule has 0 spiro atoms. The Labute approximate surface area is 211 Å². The van der Waals surface area contributed by atoms with Crippen molar-refractivity contribution in [2.24, 2.45) is 0 Å². The summed E-state index contributed by atoms with van der Waals surface area (Å²) in [6.45, 7) is 1.47. The van der Waals surface area contributed by atoms with Crippen molar-refractivity contribution in [1.29, 1.82) is 0 Å². The third-order valence-corrected chi connectivity index (χ3v) is 5.45. The first kappa shape index (κ1) is 25.1. The van der Waals surface area contributed by atoms with E-state index >= 15 is 0 Å². The molecule has 1 heterocycles. The second kappa shape index (κ2) is 11.2. The molecule has 37 heavy (non-hydrogen) atoms. The average molecular weight is 501 g/mol. The highest BCUT2D eigenvalue weighted by atomic mass is 16.6. The molecule has 3 aromatic carbocycles. The van der Waals surface area contributed by atoms with Crippen molar-refractivity contribution >= 4 is 28.3 Å². The van der Waals surface area contributed by atoms with Gasteiger partial charge in [-0.2, -0.15) is 0 Å². The summed E-state index contributed by atoms with van der Waals surface area (Å²) in [4.78, 5) is 38.3. The fourth-order valence-corrected chi connectivity index (χ4v) is 3.49. The Hall–Kier alpha value is -4.99. The number of carboxylic acid groups (broad SMARTS) is 1. The van der Waals surface area contributed by atoms with Gasteiger partial charge < -0.3 is 19.9 Å². The number of ether oxygens (including phenoxy) is 2. The molecule has 2 N–H and O–H groups in total. The van der Waals surface area contributed by atoms with E-state index in [9.17, 15) is 24.8 Å². The summed E-state index contributed by atoms with van der Waals surface area (Å²) in [5, 5.41) is 24.4. The maximum Gasteiger partial charge on any atom is 0.337 e. The topological polar surface area (TPSA) is 141 Å². The highest BCUT2D eigenvalue weighted by molar-refractivity contribution is 6.01. The molecule has 1 unspecified atom stereocenters. The van der Waals surface area contributed by atoms with Crippen LogP contribution in [0, 0.1) is 10.1 Å². The minimum atomic E-state index is -1.12. The molecule has 188 valence electrons. The molecule has 4 aromatic rings. The number of aromatic nitrogens is 1. The molecule has 0 fully saturated rings. The number of rotatable bonds is 10. The van der Waals surface area contributed by atoms with Gasteiger partial charge in [0.1, 0.15) is 11.5 Å². The van der Waals surface area contributed by atoms with E-state index in [1.54, 1.807) is 42.5 Å². The first-order chi connectivity index (χ1) is 17.8. The van der Waals surface area contributed by atoms with E-state index in [1.807, 2.05) is 18.2 Å². The van der Waals surface area contributed by atoms with Crippen molar-refractivity contribution in [2.75, 3.05) is 11.9 Å². The molecule has 0 aliphatic rings. The predicted molar refractivity (Wildman–Crippen MR) is 136 cm³/mol. The Bertz CT molecular complexity index is 1450. The van der Waals surface area contributed by atoms with Crippen molar-refractivity contribution in [2.45, 2.75) is 19.4 Å². The van der Waals surface area contributed by atoms with Gasteiger partial charge in [0.25, 0.3) is 0 Å². The Morgan fingerprint density at radius 3 is 2.41 bits per heavy atom. The normalized spacial score (nSPS) is 11.5. The lowest BCUT2D eigenvalue weighted by molar-refractivity contribution is -0.520. The quantitative estimate of drug-likeness (QED) is 0.230. The Morgan fingerprint density at radius 1 is 1.03 bits per heavy atom. The van der Waals surface area contributed by atoms with Gasteiger partial charge in [-0.3, -0.25) is 14.9 Å². The number of para-hydroxylation sites is 1. The number of hydrogen-bond donors (Lipinski definition) is 2. The molecule has 0 aliphatic heterocycles. The number of amides is 1. The van der Waals surface area contributed by atoms with Crippen LogP contribution in [-0.4, -0.2) is 39.5 Å². The molecule has 4 rings (SSSR count). The molecule has 1 atom stereocenters. The van der Waals surface area contributed by atoms with Gasteiger partial charge in [-0.25, -0.2) is 9.78 Å². The number of hydrogen-bond acceptors (Lipinski definition) is 7. The van der Waals surface area contributed by atoms with Gasteiger partial charge in [0.15, 0.2) is 6.61 Å². The van der Waals surface area contributed by atoms with Crippen molar-refractivity contribution in [3.63, 3.8) is 0 Å². The minimum Gasteiger partial charge on any atom is -0.486 e. The fraction of sp³-hybridized carbons (Fsp3) is 0.148. The smallest absolute Gasteiger partial charge is 0.337 e. The molecular formula is C27H23N3O7. The van der Waals surface area contributed by atoms with Gasteiger partial charge in [-0.15, -0.1) is 0 Å². The van der Waals surface area contributed by atoms with E-state index in [-0.39, 0.29) is 35.1 Å². The number of fused-ring (bicyclic) bond motifs is 1. The summed E-state index contributed by atoms with van der Waals surface area (Å²) in [5.74, 6) is -0.0405. The van der Waals surface area contributed by atoms with Crippen molar-refractivity contribution in [1.82, 2.24) is 4.98 Å². The lowest BCUT2D eigenvalue weighted by Crippen LogP contribution is -2.23. The van der Waals surface area contributed by atoms with Gasteiger partial charge in [0, 0.05) is 24.1 Å². The van der Waals surface area contributed by atoms with E-state index in [4.69, 9.17) is 9.47 Å². The second-order valence-corrected chi connectivity index (χ2v) is 8.30. The molecule has 10 heteroatoms. The third-order valence-electron chi connectivity index (χ3n) is 5.45. The first-order valence-electron chi connectivity index (χ1n) is 11.3. The third kappa shape index (κ3) is 6.57. The summed E-state index contributed by atoms with van der Waals surface area (Å²) < 4.78 is 11.4. The number of nitrogens with zero attached hydrogens (tertiary/aromatic N) is 2. The Morgan fingerprint density at radius 2 is 1.73 bits per heavy atom. The molecule has 1 aromatic heterocycles. The summed E-state index contributed by atoms with van der Waals surface area (Å²) in [7, 11) is 0. The van der Waals surface area contributed by atoms with Gasteiger partial charge in [0.05, 0.1) is 17.7 Å². The number of aromatic carboxylic acids is 1. The summed E-state index contributed by atoms with van der Waals surface area (Å²) in [6.07, 6.45) is 1.54. The number of anilines is 1. The maximum absolute atomic E-state index is 12.4. The van der Waals surface area contributed by atoms with Crippen LogP contribution in [0.3, 0.4) is 0 Å². The second-order valence-electron chi connectivity index (χ2n) is 8.30. The average Bonchev–Trinajstić information content (AvgIpc) is 2.88. The minimum absolute atomic E-state index is 0.0151. The first-order valence-corrected chi connectivity index (χ1v) is 11.3. The van der Waals surface area contributed by atoms with Crippen LogP contribution in [0.2, 0.25) is 0 Å². The van der Waals surface area contributed by atoms with Gasteiger partial charge in [0.2, 0.25) is 17.8 Å². The monoisotopic (exact) mass is 501 g/mol. The van der Waals surface area contributed by atoms with Crippen LogP contribution < -0.4 is 14.8 Å². The van der Waals surface area contributed by atoms with Crippen LogP contribution in [-0.2, 0) is 11.2 Å². The Kier molecular flexibility index (Phi) is 7.58. The fourth-order valence-electron chi connectivity index (χ4n) is 3.49. The molecular weight excluding hydrogens is 478 g/mol. The SMILES string of the molecule is CC(COc1ccc2cc(Oc3ccc(CC(=O)Nc4ccccc4C(=O)O)cn3)ccc2c1)[N+](=O)[O-]. The zero-order chi connectivity index (χ0) is 26.4. The molecule has 0 saturated carbocycles. The summed E-state index contributed by atoms with van der Waals surface area (Å²) in [6, 6.07) is 19.6. The molecule has 0 aliphatic carbocycles. The lowest BCUT2D eigenvalue weighted by atomic mass is 10.1. The summed E-state index contributed by atoms with van der Waals surface area (Å²) >= 11 is 0. The number of pyridine rings is 1. The number of carboxylic acids is 1. The summed E-state index contributed by atoms with van der Waals surface area (Å²) in [5.41, 5.74) is 0.880. The lowest BCUT2D eigenvalue weighted by Gasteiger charge is -2.10. The van der Waals surface area contributed by atoms with E-state index in [0.717, 1.165) is 10.8 Å². The van der Waals surface area contributed by atoms with Crippen molar-refractivity contribution in [3.8, 4) is 17.4 Å². The van der Waals surface area contributed by atoms with Crippen LogP contribution in [0.25, 0.3) is 10.8 Å². The van der Waals surface area contributed by atoms with Crippen LogP contribution in [0.1, 0.15) is 22.8 Å². The van der Waals surface area contributed by atoms with Crippen molar-refractivity contribution in [3.05, 3.63) is 100 Å². The standard InChI is InChI=1S/C27H23N3O7/c1-17(30(34)35)16-36-21-9-7-20-14-22(10-8-19(20)13-21)37-26-11-6-18(15-28-26)12-25(31)29-24-5-3-2-4-23(24)27(32)33/h2-11,13-15,17H,12,16H2,1H3,(H,29,31)(H,32,33). The van der Waals surface area contributed by atoms with Crippen LogP contribution in [0.15, 0.2) is 79.0 Å². The molecule has 0 saturated heterocycles. The molecule has 0 radical (unpaired) electrons. The van der Waals surface area contributed by atoms with Gasteiger partial charge in [-0.05, 0) is 52.7 Å². The maximum atomic E-state index is 12.4. The molecule has 1 amide bonds. The zero-order valence-electron chi connectivity index (χ0n) is 19.8. The van der Waals surface area contributed by atoms with Crippen LogP contribution >= 0.6 is 0 Å². The largest absolute Gasteiger partial charge is 0.486 e. The van der Waals surface area contributed by atoms with E-state index < -0.39 is 12.0 Å². The number of benzene rings is 3. The van der Waals surface area contributed by atoms with E-state index in [2.05, 4.69) is 10.3 Å². The number of carbonyl (C=O) groups excluding carboxylic acids is 1. The van der Waals surface area contributed by atoms with Crippen molar-refractivity contribution < 1.29 is 29.1 Å². The zero-order valence-corrected chi connectivity index (χ0v) is 19.8. The number of carbonyl (C=O) groups is 2. The molecule has 0 bridgehead atoms. The van der Waals surface area contributed by atoms with E-state index in [1.165, 1.54) is 25.3 Å². The van der Waals surface area contributed by atoms with Gasteiger partial charge in [-0.1, -0.05) is 30.3 Å². The van der Waals surface area contributed by atoms with Crippen LogP contribution in [0.5, 0.6) is 17.4 Å². The number of nitrogens with one attached hydrogen (secondary N) is 1. The predicted octanol–water partition coefficient (Wildman–Crippen LogP) is 4.95. The van der Waals surface area contributed by atoms with E-state index in [0.29, 0.717) is 22.9 Å². The molecule has 10 nitrogen and oxygen atoms in total. The number of nitro groups is 1. The van der Waals surface area contributed by atoms with Crippen LogP contribution in [0.4, 0.5) is 5.69 Å². The Balaban J connectivity index is 1.36. The highest BCUT2D eigenvalue weighted by Gasteiger charge is 2.14. The highest BCUT2D eigenvalue weighted by Crippen LogP contribution is 2.27.